The molecule has 0 bridgehead atoms. The molecule has 0 N–H and O–H groups in total. The summed E-state index contributed by atoms with van der Waals surface area (Å²) >= 11 is 17.8. The fourth-order valence-corrected chi connectivity index (χ4v) is 24.8. The van der Waals surface area contributed by atoms with Crippen molar-refractivity contribution in [2.24, 2.45) is 0 Å². The highest BCUT2D eigenvalue weighted by Crippen LogP contribution is 2.53. The van der Waals surface area contributed by atoms with E-state index in [0.717, 1.165) is 36.7 Å². The van der Waals surface area contributed by atoms with Gasteiger partial charge in [-0.15, -0.1) is 90.7 Å². The van der Waals surface area contributed by atoms with E-state index in [-0.39, 0.29) is 0 Å². The van der Waals surface area contributed by atoms with Crippen LogP contribution < -0.4 is 0 Å². The Bertz CT molecular complexity index is 3640. The predicted octanol–water partition coefficient (Wildman–Crippen LogP) is 32.5. The third-order valence-corrected chi connectivity index (χ3v) is 30.6. The molecule has 0 aliphatic rings. The summed E-state index contributed by atoms with van der Waals surface area (Å²) in [6, 6.07) is 25.8. The first-order valence-electron chi connectivity index (χ1n) is 39.0. The number of benzene rings is 1. The normalized spacial score (nSPS) is 11.9. The number of aryl methyl sites for hydroxylation is 8. The summed E-state index contributed by atoms with van der Waals surface area (Å²) in [5, 5.41) is 4.95. The minimum Gasteiger partial charge on any atom is -0.172 e. The van der Waals surface area contributed by atoms with Gasteiger partial charge in [-0.25, -0.2) is 0 Å². The number of fused-ring (bicyclic) bond motifs is 1. The van der Waals surface area contributed by atoms with Gasteiger partial charge in [0.05, 0.1) is 11.7 Å². The molecule has 11 heteroatoms. The van der Waals surface area contributed by atoms with Crippen LogP contribution in [0.1, 0.15) is 305 Å². The van der Waals surface area contributed by atoms with Gasteiger partial charge in [-0.3, -0.25) is 0 Å². The van der Waals surface area contributed by atoms with Gasteiger partial charge < -0.3 is 0 Å². The number of rotatable bonds is 48. The van der Waals surface area contributed by atoms with Crippen LogP contribution >= 0.6 is 102 Å². The number of aromatic nitrogens is 2. The lowest BCUT2D eigenvalue weighted by atomic mass is 10.0. The number of unbranched alkanes of at least 4 members (excludes halogenated alkanes) is 24. The van der Waals surface area contributed by atoms with Crippen LogP contribution in [0.3, 0.4) is 0 Å². The van der Waals surface area contributed by atoms with E-state index in [1.165, 1.54) is 345 Å². The van der Waals surface area contributed by atoms with Gasteiger partial charge in [-0.2, -0.15) is 8.75 Å². The maximum Gasteiger partial charge on any atom is 0.114 e. The number of nitrogens with zero attached hydrogens (tertiary/aromatic N) is 2. The average Bonchev–Trinajstić information content (AvgIpc) is 1.63. The van der Waals surface area contributed by atoms with E-state index in [2.05, 4.69) is 172 Å². The van der Waals surface area contributed by atoms with Crippen molar-refractivity contribution in [3.63, 3.8) is 0 Å². The molecular weight excluding hydrogens is 1350 g/mol. The Balaban J connectivity index is 1.01. The second kappa shape index (κ2) is 41.1. The van der Waals surface area contributed by atoms with E-state index >= 15 is 0 Å². The number of thiophene rings is 8. The third-order valence-electron chi connectivity index (χ3n) is 19.9. The molecule has 10 aromatic rings. The van der Waals surface area contributed by atoms with Crippen molar-refractivity contribution >= 4 is 113 Å². The number of hydrogen-bond donors (Lipinski definition) is 0. The van der Waals surface area contributed by atoms with Gasteiger partial charge >= 0.3 is 0 Å². The summed E-state index contributed by atoms with van der Waals surface area (Å²) in [5.41, 5.74) is 17.0. The van der Waals surface area contributed by atoms with Crippen molar-refractivity contribution in [3.05, 3.63) is 116 Å². The molecule has 0 saturated carbocycles. The average molecular weight is 1470 g/mol. The zero-order chi connectivity index (χ0) is 67.6. The van der Waals surface area contributed by atoms with Crippen molar-refractivity contribution < 1.29 is 0 Å². The first-order valence-corrected chi connectivity index (χ1v) is 46.4. The van der Waals surface area contributed by atoms with E-state index in [9.17, 15) is 0 Å². The Hall–Kier alpha value is -3.36. The van der Waals surface area contributed by atoms with Crippen molar-refractivity contribution in [2.45, 2.75) is 312 Å². The Kier molecular flexibility index (Phi) is 32.3. The molecule has 0 fully saturated rings. The van der Waals surface area contributed by atoms with Crippen molar-refractivity contribution in [1.82, 2.24) is 8.75 Å². The molecule has 0 amide bonds. The minimum absolute atomic E-state index is 1.06. The Morgan fingerprint density at radius 1 is 0.237 bits per heavy atom. The maximum atomic E-state index is 5.25. The zero-order valence-corrected chi connectivity index (χ0v) is 68.1. The summed E-state index contributed by atoms with van der Waals surface area (Å²) < 4.78 is 10.5. The molecule has 0 unspecified atom stereocenters. The fraction of sp³-hybridized carbons (Fsp3) is 0.558. The molecule has 0 atom stereocenters. The lowest BCUT2D eigenvalue weighted by Crippen LogP contribution is -1.87. The lowest BCUT2D eigenvalue weighted by molar-refractivity contribution is 0.667. The maximum absolute atomic E-state index is 5.25. The van der Waals surface area contributed by atoms with Gasteiger partial charge in [0, 0.05) is 79.4 Å². The highest BCUT2D eigenvalue weighted by molar-refractivity contribution is 7.30. The van der Waals surface area contributed by atoms with Crippen LogP contribution in [0.15, 0.2) is 71.4 Å². The molecule has 10 rings (SSSR count). The molecule has 0 aliphatic heterocycles. The second-order valence-electron chi connectivity index (χ2n) is 28.0. The Labute approximate surface area is 624 Å². The van der Waals surface area contributed by atoms with Gasteiger partial charge in [0.2, 0.25) is 0 Å². The van der Waals surface area contributed by atoms with Gasteiger partial charge in [0.1, 0.15) is 11.0 Å². The summed E-state index contributed by atoms with van der Waals surface area (Å²) in [4.78, 5) is 20.6. The summed E-state index contributed by atoms with van der Waals surface area (Å²) in [7, 11) is 0. The van der Waals surface area contributed by atoms with Crippen molar-refractivity contribution in [3.8, 4) is 79.4 Å². The first-order chi connectivity index (χ1) is 47.8. The van der Waals surface area contributed by atoms with E-state index in [0.29, 0.717) is 0 Å². The molecule has 0 saturated heterocycles. The molecule has 2 nitrogen and oxygen atoms in total. The lowest BCUT2D eigenvalue weighted by Gasteiger charge is -2.03. The van der Waals surface area contributed by atoms with E-state index in [1.807, 2.05) is 45.3 Å². The van der Waals surface area contributed by atoms with Crippen molar-refractivity contribution in [1.29, 1.82) is 0 Å². The van der Waals surface area contributed by atoms with Crippen LogP contribution in [0.2, 0.25) is 0 Å². The highest BCUT2D eigenvalue weighted by atomic mass is 32.1. The molecule has 97 heavy (non-hydrogen) atoms. The largest absolute Gasteiger partial charge is 0.172 e. The quantitative estimate of drug-likeness (QED) is 0.0355. The van der Waals surface area contributed by atoms with Crippen LogP contribution in [-0.2, 0) is 51.4 Å². The second-order valence-corrected chi connectivity index (χ2v) is 36.7. The summed E-state index contributed by atoms with van der Waals surface area (Å²) in [6.45, 7) is 18.7. The molecule has 524 valence electrons. The summed E-state index contributed by atoms with van der Waals surface area (Å²) in [5.74, 6) is 0. The minimum atomic E-state index is 1.06. The van der Waals surface area contributed by atoms with Crippen molar-refractivity contribution in [2.75, 3.05) is 0 Å². The Morgan fingerprint density at radius 2 is 0.464 bits per heavy atom. The van der Waals surface area contributed by atoms with E-state index in [1.54, 1.807) is 22.3 Å². The topological polar surface area (TPSA) is 25.8 Å². The molecule has 9 aromatic heterocycles. The molecule has 0 spiro atoms. The Morgan fingerprint density at radius 3 is 0.722 bits per heavy atom. The van der Waals surface area contributed by atoms with Crippen LogP contribution in [0.25, 0.3) is 90.4 Å². The first kappa shape index (κ1) is 76.3. The standard InChI is InChI=1S/C86H116N2S9/c1-9-17-25-33-41-61-51-73(89-59-61)81-65(45-37-29-21-13-5)55-77(93-81)85-67(47-39-31-23-15-7)57-75(95-85)83-63(43-35-27-19-11-3)53-71(91-83)69-49-50-70(80-79(69)87-97-88-80)72-54-64(44-36-28-20-12-4)84(92-72)76-58-68(48-40-32-24-16-8)86(96-76)78-56-66(46-38-30-22-14-6)82(94-78)74-52-62(60-90-74)42-34-26-18-10-2/h49-60H,9-48H2,1-8H3. The molecule has 0 aliphatic carbocycles. The van der Waals surface area contributed by atoms with Crippen LogP contribution in [-0.4, -0.2) is 8.75 Å². The SMILES string of the molecule is CCCCCCc1csc(-c2sc(-c3sc(-c4sc(-c5ccc(-c6cc(CCCCCC)c(-c7cc(CCCCCC)c(-c8cc(CCCCCC)c(-c9cc(CCCCCC)cs9)s8)s7)s6)c6nsnc56)cc4CCCCCC)cc3CCCCCC)cc2CCCCCC)c1. The van der Waals surface area contributed by atoms with E-state index < -0.39 is 0 Å². The van der Waals surface area contributed by atoms with Gasteiger partial charge in [0.15, 0.2) is 0 Å². The predicted molar refractivity (Wildman–Crippen MR) is 447 cm³/mol. The van der Waals surface area contributed by atoms with Crippen LogP contribution in [0.5, 0.6) is 0 Å². The van der Waals surface area contributed by atoms with Crippen LogP contribution in [0.4, 0.5) is 0 Å². The van der Waals surface area contributed by atoms with Crippen LogP contribution in [0, 0.1) is 0 Å². The molecular formula is C86H116N2S9. The number of hydrogen-bond acceptors (Lipinski definition) is 11. The summed E-state index contributed by atoms with van der Waals surface area (Å²) in [6.07, 6.45) is 50.5. The highest BCUT2D eigenvalue weighted by Gasteiger charge is 2.26. The van der Waals surface area contributed by atoms with Gasteiger partial charge in [-0.1, -0.05) is 222 Å². The fourth-order valence-electron chi connectivity index (χ4n) is 14.1. The molecule has 0 radical (unpaired) electrons. The zero-order valence-electron chi connectivity index (χ0n) is 60.8. The molecule has 9 heterocycles. The van der Waals surface area contributed by atoms with Gasteiger partial charge in [-0.05, 0) is 207 Å². The van der Waals surface area contributed by atoms with E-state index in [4.69, 9.17) is 8.75 Å². The smallest absolute Gasteiger partial charge is 0.114 e. The van der Waals surface area contributed by atoms with Gasteiger partial charge in [0.25, 0.3) is 0 Å². The third kappa shape index (κ3) is 21.2. The monoisotopic (exact) mass is 1460 g/mol. The molecule has 1 aromatic carbocycles.